The Morgan fingerprint density at radius 2 is 1.73 bits per heavy atom. The summed E-state index contributed by atoms with van der Waals surface area (Å²) in [7, 11) is 0. The molecule has 0 aliphatic heterocycles. The molecule has 1 aromatic heterocycles. The number of halogens is 2. The summed E-state index contributed by atoms with van der Waals surface area (Å²) in [5.41, 5.74) is -0.550. The van der Waals surface area contributed by atoms with E-state index in [1.807, 2.05) is 0 Å². The number of H-pyrrole nitrogens is 1. The molecule has 2 nitrogen and oxygen atoms in total. The molecule has 0 spiro atoms. The maximum absolute atomic E-state index is 13.4. The molecular weight excluding hydrogens is 200 g/mol. The zero-order valence-corrected chi connectivity index (χ0v) is 7.63. The largest absolute Gasteiger partial charge is 0.325 e. The number of aromatic amines is 1. The van der Waals surface area contributed by atoms with Gasteiger partial charge in [0.1, 0.15) is 0 Å². The number of benzene rings is 1. The Balaban J connectivity index is 2.73. The lowest BCUT2D eigenvalue weighted by molar-refractivity contribution is 0.505. The first kappa shape index (κ1) is 9.58. The van der Waals surface area contributed by atoms with Gasteiger partial charge in [0.05, 0.1) is 5.56 Å². The highest BCUT2D eigenvalue weighted by atomic mass is 19.2. The summed E-state index contributed by atoms with van der Waals surface area (Å²) < 4.78 is 26.3. The minimum atomic E-state index is -1.12. The lowest BCUT2D eigenvalue weighted by atomic mass is 10.1. The van der Waals surface area contributed by atoms with Crippen molar-refractivity contribution in [2.45, 2.75) is 0 Å². The molecule has 2 rings (SSSR count). The molecule has 0 radical (unpaired) electrons. The maximum Gasteiger partial charge on any atom is 0.258 e. The molecule has 1 aromatic carbocycles. The number of pyridine rings is 1. The quantitative estimate of drug-likeness (QED) is 0.764. The molecule has 1 heterocycles. The summed E-state index contributed by atoms with van der Waals surface area (Å²) in [6.45, 7) is 0. The predicted octanol–water partition coefficient (Wildman–Crippen LogP) is 2.32. The fourth-order valence-electron chi connectivity index (χ4n) is 1.35. The molecular formula is C11H7F2NO. The molecule has 0 amide bonds. The van der Waals surface area contributed by atoms with Crippen LogP contribution in [0.2, 0.25) is 0 Å². The maximum atomic E-state index is 13.4. The average Bonchev–Trinajstić information content (AvgIpc) is 2.26. The Labute approximate surface area is 84.2 Å². The summed E-state index contributed by atoms with van der Waals surface area (Å²) in [5, 5.41) is 0. The zero-order chi connectivity index (χ0) is 10.8. The van der Waals surface area contributed by atoms with Crippen molar-refractivity contribution in [1.82, 2.24) is 4.98 Å². The smallest absolute Gasteiger partial charge is 0.258 e. The number of hydrogen-bond donors (Lipinski definition) is 1. The molecule has 0 fully saturated rings. The highest BCUT2D eigenvalue weighted by Gasteiger charge is 2.13. The van der Waals surface area contributed by atoms with Crippen molar-refractivity contribution < 1.29 is 8.78 Å². The van der Waals surface area contributed by atoms with Gasteiger partial charge in [-0.25, -0.2) is 8.78 Å². The molecule has 15 heavy (non-hydrogen) atoms. The fraction of sp³-hybridized carbons (Fsp3) is 0. The Bertz CT molecular complexity index is 534. The molecule has 2 aromatic rings. The third kappa shape index (κ3) is 1.66. The van der Waals surface area contributed by atoms with Crippen LogP contribution in [0.15, 0.2) is 41.3 Å². The molecule has 0 atom stereocenters. The van der Waals surface area contributed by atoms with E-state index in [9.17, 15) is 13.6 Å². The van der Waals surface area contributed by atoms with Crippen molar-refractivity contribution in [3.8, 4) is 11.1 Å². The van der Waals surface area contributed by atoms with Gasteiger partial charge in [0, 0.05) is 6.20 Å². The van der Waals surface area contributed by atoms with Crippen LogP contribution in [0.25, 0.3) is 11.1 Å². The van der Waals surface area contributed by atoms with Crippen molar-refractivity contribution in [2.24, 2.45) is 0 Å². The molecule has 0 aliphatic rings. The van der Waals surface area contributed by atoms with E-state index in [1.54, 1.807) is 30.3 Å². The van der Waals surface area contributed by atoms with Crippen LogP contribution >= 0.6 is 0 Å². The molecule has 4 heteroatoms. The van der Waals surface area contributed by atoms with E-state index in [0.717, 1.165) is 0 Å². The lowest BCUT2D eigenvalue weighted by Gasteiger charge is -2.01. The van der Waals surface area contributed by atoms with Crippen LogP contribution in [0, 0.1) is 11.6 Å². The highest BCUT2D eigenvalue weighted by molar-refractivity contribution is 5.62. The minimum absolute atomic E-state index is 0.268. The summed E-state index contributed by atoms with van der Waals surface area (Å²) >= 11 is 0. The van der Waals surface area contributed by atoms with Crippen LogP contribution in [0.4, 0.5) is 8.78 Å². The van der Waals surface area contributed by atoms with Crippen molar-refractivity contribution >= 4 is 0 Å². The monoisotopic (exact) mass is 207 g/mol. The minimum Gasteiger partial charge on any atom is -0.325 e. The normalized spacial score (nSPS) is 10.3. The van der Waals surface area contributed by atoms with Gasteiger partial charge in [-0.2, -0.15) is 0 Å². The van der Waals surface area contributed by atoms with E-state index >= 15 is 0 Å². The standard InChI is InChI=1S/C11H7F2NO/c12-8-6-14-11(15)9(10(8)13)7-4-2-1-3-5-7/h1-6H,(H,14,15). The van der Waals surface area contributed by atoms with Crippen LogP contribution in [0.3, 0.4) is 0 Å². The van der Waals surface area contributed by atoms with E-state index in [-0.39, 0.29) is 5.56 Å². The van der Waals surface area contributed by atoms with Gasteiger partial charge in [-0.1, -0.05) is 30.3 Å². The highest BCUT2D eigenvalue weighted by Crippen LogP contribution is 2.19. The van der Waals surface area contributed by atoms with Gasteiger partial charge in [0.25, 0.3) is 5.56 Å². The van der Waals surface area contributed by atoms with Gasteiger partial charge in [0.15, 0.2) is 11.6 Å². The summed E-state index contributed by atoms with van der Waals surface area (Å²) in [4.78, 5) is 13.5. The van der Waals surface area contributed by atoms with Crippen LogP contribution in [-0.4, -0.2) is 4.98 Å². The molecule has 0 bridgehead atoms. The van der Waals surface area contributed by atoms with Crippen LogP contribution < -0.4 is 5.56 Å². The van der Waals surface area contributed by atoms with Gasteiger partial charge < -0.3 is 4.98 Å². The van der Waals surface area contributed by atoms with E-state index in [1.165, 1.54) is 0 Å². The summed E-state index contributed by atoms with van der Waals surface area (Å²) in [5.74, 6) is -2.18. The van der Waals surface area contributed by atoms with Crippen molar-refractivity contribution in [2.75, 3.05) is 0 Å². The topological polar surface area (TPSA) is 32.9 Å². The van der Waals surface area contributed by atoms with Gasteiger partial charge >= 0.3 is 0 Å². The van der Waals surface area contributed by atoms with E-state index in [2.05, 4.69) is 4.98 Å². The zero-order valence-electron chi connectivity index (χ0n) is 7.63. The van der Waals surface area contributed by atoms with E-state index < -0.39 is 17.2 Å². The molecule has 0 saturated heterocycles. The third-order valence-electron chi connectivity index (χ3n) is 2.05. The Morgan fingerprint density at radius 3 is 2.40 bits per heavy atom. The summed E-state index contributed by atoms with van der Waals surface area (Å²) in [6, 6.07) is 8.13. The van der Waals surface area contributed by atoms with Gasteiger partial charge in [-0.3, -0.25) is 4.79 Å². The fourth-order valence-corrected chi connectivity index (χ4v) is 1.35. The van der Waals surface area contributed by atoms with Gasteiger partial charge in [-0.15, -0.1) is 0 Å². The van der Waals surface area contributed by atoms with Crippen LogP contribution in [-0.2, 0) is 0 Å². The van der Waals surface area contributed by atoms with E-state index in [4.69, 9.17) is 0 Å². The van der Waals surface area contributed by atoms with E-state index in [0.29, 0.717) is 11.8 Å². The number of rotatable bonds is 1. The molecule has 0 aliphatic carbocycles. The first-order valence-electron chi connectivity index (χ1n) is 4.32. The number of aromatic nitrogens is 1. The SMILES string of the molecule is O=c1[nH]cc(F)c(F)c1-c1ccccc1. The molecule has 76 valence electrons. The number of nitrogens with one attached hydrogen (secondary N) is 1. The molecule has 1 N–H and O–H groups in total. The molecule has 0 unspecified atom stereocenters. The van der Waals surface area contributed by atoms with Crippen molar-refractivity contribution in [1.29, 1.82) is 0 Å². The number of hydrogen-bond acceptors (Lipinski definition) is 1. The molecule has 0 saturated carbocycles. The second-order valence-corrected chi connectivity index (χ2v) is 3.02. The second kappa shape index (κ2) is 3.65. The van der Waals surface area contributed by atoms with Gasteiger partial charge in [-0.05, 0) is 5.56 Å². The Morgan fingerprint density at radius 1 is 1.07 bits per heavy atom. The first-order valence-corrected chi connectivity index (χ1v) is 4.32. The van der Waals surface area contributed by atoms with Crippen LogP contribution in [0.5, 0.6) is 0 Å². The van der Waals surface area contributed by atoms with Crippen LogP contribution in [0.1, 0.15) is 0 Å². The Kier molecular flexibility index (Phi) is 2.33. The van der Waals surface area contributed by atoms with Crippen molar-refractivity contribution in [3.63, 3.8) is 0 Å². The Hall–Kier alpha value is -1.97. The third-order valence-corrected chi connectivity index (χ3v) is 2.05. The average molecular weight is 207 g/mol. The summed E-state index contributed by atoms with van der Waals surface area (Å²) in [6.07, 6.45) is 0.712. The second-order valence-electron chi connectivity index (χ2n) is 3.02. The lowest BCUT2D eigenvalue weighted by Crippen LogP contribution is -2.12. The predicted molar refractivity (Wildman–Crippen MR) is 52.4 cm³/mol. The first-order chi connectivity index (χ1) is 7.20. The van der Waals surface area contributed by atoms with Gasteiger partial charge in [0.2, 0.25) is 0 Å². The van der Waals surface area contributed by atoms with Crippen molar-refractivity contribution in [3.05, 3.63) is 58.5 Å².